The van der Waals surface area contributed by atoms with Crippen LogP contribution in [0.15, 0.2) is 23.4 Å². The molecule has 0 aliphatic rings. The molecule has 1 aromatic carbocycles. The van der Waals surface area contributed by atoms with Crippen molar-refractivity contribution >= 4 is 5.71 Å². The highest BCUT2D eigenvalue weighted by atomic mass is 16.6. The van der Waals surface area contributed by atoms with Crippen molar-refractivity contribution in [3.8, 4) is 0 Å². The van der Waals surface area contributed by atoms with Gasteiger partial charge in [0, 0.05) is 5.56 Å². The Morgan fingerprint density at radius 2 is 2.07 bits per heavy atom. The van der Waals surface area contributed by atoms with Crippen molar-refractivity contribution in [3.05, 3.63) is 34.9 Å². The first-order valence-electron chi connectivity index (χ1n) is 4.90. The first kappa shape index (κ1) is 10.8. The smallest absolute Gasteiger partial charge is 0.114 e. The van der Waals surface area contributed by atoms with Gasteiger partial charge in [-0.3, -0.25) is 0 Å². The molecule has 0 radical (unpaired) electrons. The Morgan fingerprint density at radius 3 is 2.71 bits per heavy atom. The number of benzene rings is 1. The second-order valence-corrected chi connectivity index (χ2v) is 3.34. The van der Waals surface area contributed by atoms with Crippen LogP contribution in [-0.4, -0.2) is 12.3 Å². The van der Waals surface area contributed by atoms with Crippen LogP contribution in [-0.2, 0) is 4.84 Å². The molecule has 2 heteroatoms. The van der Waals surface area contributed by atoms with Gasteiger partial charge in [0.25, 0.3) is 0 Å². The molecule has 0 fully saturated rings. The number of hydrogen-bond acceptors (Lipinski definition) is 2. The number of rotatable bonds is 3. The van der Waals surface area contributed by atoms with Crippen molar-refractivity contribution in [2.45, 2.75) is 27.7 Å². The van der Waals surface area contributed by atoms with Gasteiger partial charge in [0.05, 0.1) is 5.71 Å². The highest BCUT2D eigenvalue weighted by Crippen LogP contribution is 2.13. The highest BCUT2D eigenvalue weighted by Gasteiger charge is 2.03. The zero-order valence-corrected chi connectivity index (χ0v) is 9.29. The van der Waals surface area contributed by atoms with E-state index in [1.807, 2.05) is 19.9 Å². The van der Waals surface area contributed by atoms with Crippen molar-refractivity contribution < 1.29 is 4.84 Å². The molecule has 1 aromatic rings. The Hall–Kier alpha value is -1.31. The lowest BCUT2D eigenvalue weighted by molar-refractivity contribution is 0.159. The van der Waals surface area contributed by atoms with Crippen LogP contribution in [0.4, 0.5) is 0 Å². The molecular weight excluding hydrogens is 174 g/mol. The minimum absolute atomic E-state index is 0.613. The molecule has 0 heterocycles. The summed E-state index contributed by atoms with van der Waals surface area (Å²) in [5.74, 6) is 0. The number of hydrogen-bond donors (Lipinski definition) is 0. The number of nitrogens with zero attached hydrogens (tertiary/aromatic N) is 1. The van der Waals surface area contributed by atoms with E-state index in [0.29, 0.717) is 6.61 Å². The molecule has 0 unspecified atom stereocenters. The summed E-state index contributed by atoms with van der Waals surface area (Å²) in [6.45, 7) is 8.72. The van der Waals surface area contributed by atoms with Crippen LogP contribution in [0, 0.1) is 13.8 Å². The third-order valence-electron chi connectivity index (χ3n) is 2.32. The fourth-order valence-electron chi connectivity index (χ4n) is 1.35. The fourth-order valence-corrected chi connectivity index (χ4v) is 1.35. The summed E-state index contributed by atoms with van der Waals surface area (Å²) in [7, 11) is 0. The lowest BCUT2D eigenvalue weighted by Crippen LogP contribution is -2.00. The van der Waals surface area contributed by atoms with E-state index in [1.54, 1.807) is 0 Å². The first-order valence-corrected chi connectivity index (χ1v) is 4.90. The van der Waals surface area contributed by atoms with E-state index in [0.717, 1.165) is 5.71 Å². The summed E-state index contributed by atoms with van der Waals surface area (Å²) in [4.78, 5) is 5.03. The molecule has 14 heavy (non-hydrogen) atoms. The maximum Gasteiger partial charge on any atom is 0.114 e. The van der Waals surface area contributed by atoms with E-state index < -0.39 is 0 Å². The van der Waals surface area contributed by atoms with E-state index >= 15 is 0 Å². The van der Waals surface area contributed by atoms with Gasteiger partial charge in [-0.25, -0.2) is 0 Å². The third kappa shape index (κ3) is 2.34. The van der Waals surface area contributed by atoms with E-state index in [1.165, 1.54) is 16.7 Å². The van der Waals surface area contributed by atoms with Crippen molar-refractivity contribution in [1.82, 2.24) is 0 Å². The lowest BCUT2D eigenvalue weighted by atomic mass is 10.0. The Labute approximate surface area is 85.6 Å². The third-order valence-corrected chi connectivity index (χ3v) is 2.32. The molecule has 0 N–H and O–H groups in total. The molecule has 0 saturated carbocycles. The summed E-state index contributed by atoms with van der Waals surface area (Å²) in [6, 6.07) is 6.22. The standard InChI is InChI=1S/C12H17NO/c1-5-14-13-11(4)12-8-6-7-9(2)10(12)3/h6-8H,5H2,1-4H3/b13-11+. The molecule has 0 aliphatic carbocycles. The van der Waals surface area contributed by atoms with Gasteiger partial charge in [0.2, 0.25) is 0 Å². The van der Waals surface area contributed by atoms with Crippen LogP contribution in [0.3, 0.4) is 0 Å². The lowest BCUT2D eigenvalue weighted by Gasteiger charge is -2.07. The van der Waals surface area contributed by atoms with Crippen LogP contribution in [0.2, 0.25) is 0 Å². The second kappa shape index (κ2) is 4.80. The molecule has 0 spiro atoms. The summed E-state index contributed by atoms with van der Waals surface area (Å²) in [5.41, 5.74) is 4.66. The molecular formula is C12H17NO. The van der Waals surface area contributed by atoms with Crippen molar-refractivity contribution in [2.75, 3.05) is 6.61 Å². The largest absolute Gasteiger partial charge is 0.396 e. The molecule has 0 atom stereocenters. The van der Waals surface area contributed by atoms with Crippen molar-refractivity contribution in [2.24, 2.45) is 5.16 Å². The topological polar surface area (TPSA) is 21.6 Å². The summed E-state index contributed by atoms with van der Waals surface area (Å²) in [5, 5.41) is 4.03. The van der Waals surface area contributed by atoms with Gasteiger partial charge in [-0.05, 0) is 38.8 Å². The molecule has 0 amide bonds. The predicted octanol–water partition coefficient (Wildman–Crippen LogP) is 3.06. The highest BCUT2D eigenvalue weighted by molar-refractivity contribution is 5.99. The normalized spacial score (nSPS) is 11.6. The average Bonchev–Trinajstić information content (AvgIpc) is 2.18. The minimum Gasteiger partial charge on any atom is -0.396 e. The van der Waals surface area contributed by atoms with Crippen LogP contribution < -0.4 is 0 Å². The molecule has 0 aliphatic heterocycles. The summed E-state index contributed by atoms with van der Waals surface area (Å²) in [6.07, 6.45) is 0. The van der Waals surface area contributed by atoms with E-state index in [4.69, 9.17) is 4.84 Å². The molecule has 76 valence electrons. The summed E-state index contributed by atoms with van der Waals surface area (Å²) < 4.78 is 0. The van der Waals surface area contributed by atoms with Crippen LogP contribution in [0.25, 0.3) is 0 Å². The maximum atomic E-state index is 5.03. The average molecular weight is 191 g/mol. The monoisotopic (exact) mass is 191 g/mol. The Kier molecular flexibility index (Phi) is 3.69. The summed E-state index contributed by atoms with van der Waals surface area (Å²) >= 11 is 0. The molecule has 0 aromatic heterocycles. The SMILES string of the molecule is CCO/N=C(\C)c1cccc(C)c1C. The van der Waals surface area contributed by atoms with Crippen LogP contribution in [0.5, 0.6) is 0 Å². The van der Waals surface area contributed by atoms with Gasteiger partial charge in [-0.15, -0.1) is 0 Å². The quantitative estimate of drug-likeness (QED) is 0.531. The molecule has 2 nitrogen and oxygen atoms in total. The zero-order chi connectivity index (χ0) is 10.6. The number of oxime groups is 1. The second-order valence-electron chi connectivity index (χ2n) is 3.34. The van der Waals surface area contributed by atoms with Gasteiger partial charge < -0.3 is 4.84 Å². The fraction of sp³-hybridized carbons (Fsp3) is 0.417. The Bertz CT molecular complexity index is 342. The van der Waals surface area contributed by atoms with E-state index in [-0.39, 0.29) is 0 Å². The predicted molar refractivity (Wildman–Crippen MR) is 59.8 cm³/mol. The van der Waals surface area contributed by atoms with E-state index in [9.17, 15) is 0 Å². The Morgan fingerprint density at radius 1 is 1.36 bits per heavy atom. The maximum absolute atomic E-state index is 5.03. The minimum atomic E-state index is 0.613. The zero-order valence-electron chi connectivity index (χ0n) is 9.29. The first-order chi connectivity index (χ1) is 6.66. The van der Waals surface area contributed by atoms with Crippen LogP contribution in [0.1, 0.15) is 30.5 Å². The van der Waals surface area contributed by atoms with Gasteiger partial charge in [0.15, 0.2) is 0 Å². The van der Waals surface area contributed by atoms with E-state index in [2.05, 4.69) is 31.1 Å². The van der Waals surface area contributed by atoms with Crippen molar-refractivity contribution in [3.63, 3.8) is 0 Å². The molecule has 0 saturated heterocycles. The number of aryl methyl sites for hydroxylation is 1. The Balaban J connectivity index is 3.01. The van der Waals surface area contributed by atoms with Crippen molar-refractivity contribution in [1.29, 1.82) is 0 Å². The molecule has 1 rings (SSSR count). The van der Waals surface area contributed by atoms with Crippen LogP contribution >= 0.6 is 0 Å². The van der Waals surface area contributed by atoms with Gasteiger partial charge >= 0.3 is 0 Å². The van der Waals surface area contributed by atoms with Gasteiger partial charge in [-0.2, -0.15) is 0 Å². The van der Waals surface area contributed by atoms with Gasteiger partial charge in [-0.1, -0.05) is 23.4 Å². The van der Waals surface area contributed by atoms with Gasteiger partial charge in [0.1, 0.15) is 6.61 Å². The molecule has 0 bridgehead atoms.